The van der Waals surface area contributed by atoms with Crippen molar-refractivity contribution in [1.82, 2.24) is 10.2 Å². The van der Waals surface area contributed by atoms with Crippen LogP contribution in [0.3, 0.4) is 0 Å². The number of phenolic OH excluding ortho intramolecular Hbond substituents is 1. The largest absolute Gasteiger partial charge is 0.504 e. The third-order valence-electron chi connectivity index (χ3n) is 7.95. The molecule has 4 heteroatoms. The van der Waals surface area contributed by atoms with Gasteiger partial charge in [0.05, 0.1) is 0 Å². The summed E-state index contributed by atoms with van der Waals surface area (Å²) < 4.78 is 6.64. The Kier molecular flexibility index (Phi) is 4.60. The lowest BCUT2D eigenvalue weighted by atomic mass is 9.54. The maximum atomic E-state index is 10.6. The molecule has 1 unspecified atom stereocenters. The molecule has 1 spiro atoms. The molecule has 154 valence electrons. The van der Waals surface area contributed by atoms with Crippen LogP contribution in [0, 0.1) is 12.8 Å². The first kappa shape index (κ1) is 19.0. The van der Waals surface area contributed by atoms with Crippen molar-refractivity contribution in [3.8, 4) is 11.5 Å². The number of likely N-dealkylation sites (tertiary alicyclic amines) is 1. The molecule has 4 nitrogen and oxygen atoms in total. The van der Waals surface area contributed by atoms with Crippen molar-refractivity contribution in [2.24, 2.45) is 5.92 Å². The first-order valence-electron chi connectivity index (χ1n) is 11.0. The number of hydrogen-bond donors (Lipinski definition) is 2. The Labute approximate surface area is 173 Å². The molecule has 1 saturated carbocycles. The summed E-state index contributed by atoms with van der Waals surface area (Å²) in [5, 5.41) is 14.5. The Morgan fingerprint density at radius 3 is 2.76 bits per heavy atom. The van der Waals surface area contributed by atoms with Crippen LogP contribution in [0.5, 0.6) is 11.5 Å². The van der Waals surface area contributed by atoms with Gasteiger partial charge in [-0.2, -0.15) is 0 Å². The van der Waals surface area contributed by atoms with Gasteiger partial charge < -0.3 is 20.1 Å². The second-order valence-electron chi connectivity index (χ2n) is 9.31. The first-order chi connectivity index (χ1) is 14.0. The molecule has 1 aliphatic carbocycles. The number of nitrogens with one attached hydrogen (secondary N) is 1. The maximum Gasteiger partial charge on any atom is 0.165 e. The lowest BCUT2D eigenvalue weighted by Crippen LogP contribution is -2.65. The molecule has 0 bridgehead atoms. The molecule has 5 atom stereocenters. The van der Waals surface area contributed by atoms with Crippen LogP contribution in [0.15, 0.2) is 42.5 Å². The molecule has 1 saturated heterocycles. The van der Waals surface area contributed by atoms with Crippen molar-refractivity contribution in [2.45, 2.75) is 63.3 Å². The predicted molar refractivity (Wildman–Crippen MR) is 115 cm³/mol. The summed E-state index contributed by atoms with van der Waals surface area (Å²) in [6.45, 7) is 6.47. The SMILES string of the molecule is Cc1ccc(O)c2c1[C@]13CCN(C)[C@H](C)C1CC[C@H](NCc1ccccc1)[C@@H]3O2. The Hall–Kier alpha value is -2.04. The van der Waals surface area contributed by atoms with Crippen LogP contribution in [0.1, 0.15) is 42.9 Å². The molecule has 2 aliphatic heterocycles. The number of hydrogen-bond acceptors (Lipinski definition) is 4. The standard InChI is InChI=1S/C25H32N2O2/c1-16-9-12-21(28)23-22(16)25-13-14-27(3)17(2)19(25)10-11-20(24(25)29-23)26-15-18-7-5-4-6-8-18/h4-9,12,17,19-20,24,26,28H,10-11,13-15H2,1-3H3/t17-,19?,20+,24+,25+/m1/s1. The normalized spacial score (nSPS) is 33.5. The van der Waals surface area contributed by atoms with Crippen LogP contribution in [0.4, 0.5) is 0 Å². The fraction of sp³-hybridized carbons (Fsp3) is 0.520. The number of benzene rings is 2. The van der Waals surface area contributed by atoms with Crippen LogP contribution in [0.2, 0.25) is 0 Å². The zero-order valence-corrected chi connectivity index (χ0v) is 17.7. The molecule has 2 aromatic rings. The number of ether oxygens (including phenoxy) is 1. The molecule has 2 N–H and O–H groups in total. The Morgan fingerprint density at radius 1 is 1.17 bits per heavy atom. The van der Waals surface area contributed by atoms with Crippen LogP contribution in [-0.4, -0.2) is 41.8 Å². The lowest BCUT2D eigenvalue weighted by molar-refractivity contribution is -0.0464. The van der Waals surface area contributed by atoms with Crippen LogP contribution >= 0.6 is 0 Å². The first-order valence-corrected chi connectivity index (χ1v) is 11.0. The number of aromatic hydroxyl groups is 1. The molecule has 5 rings (SSSR count). The average molecular weight is 393 g/mol. The van der Waals surface area contributed by atoms with E-state index in [4.69, 9.17) is 4.74 Å². The van der Waals surface area contributed by atoms with Crippen molar-refractivity contribution < 1.29 is 9.84 Å². The topological polar surface area (TPSA) is 44.7 Å². The monoisotopic (exact) mass is 392 g/mol. The van der Waals surface area contributed by atoms with Gasteiger partial charge in [-0.3, -0.25) is 0 Å². The van der Waals surface area contributed by atoms with E-state index in [2.05, 4.69) is 67.5 Å². The second-order valence-corrected chi connectivity index (χ2v) is 9.31. The van der Waals surface area contributed by atoms with Crippen molar-refractivity contribution in [2.75, 3.05) is 13.6 Å². The van der Waals surface area contributed by atoms with Gasteiger partial charge in [-0.25, -0.2) is 0 Å². The van der Waals surface area contributed by atoms with E-state index >= 15 is 0 Å². The van der Waals surface area contributed by atoms with Crippen LogP contribution < -0.4 is 10.1 Å². The number of piperidine rings is 1. The number of nitrogens with zero attached hydrogens (tertiary/aromatic N) is 1. The van der Waals surface area contributed by atoms with Gasteiger partial charge in [-0.15, -0.1) is 0 Å². The molecule has 0 aromatic heterocycles. The van der Waals surface area contributed by atoms with E-state index in [0.717, 1.165) is 31.7 Å². The molecule has 0 amide bonds. The van der Waals surface area contributed by atoms with Gasteiger partial charge in [0.1, 0.15) is 6.10 Å². The summed E-state index contributed by atoms with van der Waals surface area (Å²) in [6, 6.07) is 15.3. The summed E-state index contributed by atoms with van der Waals surface area (Å²) in [5.41, 5.74) is 3.82. The van der Waals surface area contributed by atoms with Crippen molar-refractivity contribution in [3.05, 3.63) is 59.2 Å². The minimum Gasteiger partial charge on any atom is -0.504 e. The van der Waals surface area contributed by atoms with E-state index in [9.17, 15) is 5.11 Å². The zero-order chi connectivity index (χ0) is 20.2. The summed E-state index contributed by atoms with van der Waals surface area (Å²) >= 11 is 0. The van der Waals surface area contributed by atoms with E-state index in [-0.39, 0.29) is 17.6 Å². The Balaban J connectivity index is 1.54. The average Bonchev–Trinajstić information content (AvgIpc) is 3.10. The molecule has 2 aromatic carbocycles. The van der Waals surface area contributed by atoms with Gasteiger partial charge in [0.15, 0.2) is 11.5 Å². The van der Waals surface area contributed by atoms with E-state index in [1.165, 1.54) is 23.1 Å². The van der Waals surface area contributed by atoms with E-state index in [1.807, 2.05) is 0 Å². The van der Waals surface area contributed by atoms with E-state index in [0.29, 0.717) is 17.7 Å². The minimum absolute atomic E-state index is 0.0172. The summed E-state index contributed by atoms with van der Waals surface area (Å²) in [5.74, 6) is 1.58. The number of rotatable bonds is 3. The van der Waals surface area contributed by atoms with E-state index < -0.39 is 0 Å². The van der Waals surface area contributed by atoms with Crippen LogP contribution in [0.25, 0.3) is 0 Å². The van der Waals surface area contributed by atoms with E-state index in [1.54, 1.807) is 6.07 Å². The molecular formula is C25H32N2O2. The molecule has 0 radical (unpaired) electrons. The highest BCUT2D eigenvalue weighted by Gasteiger charge is 2.62. The maximum absolute atomic E-state index is 10.6. The highest BCUT2D eigenvalue weighted by atomic mass is 16.5. The minimum atomic E-state index is -0.0172. The Morgan fingerprint density at radius 2 is 1.97 bits per heavy atom. The number of phenols is 1. The fourth-order valence-electron chi connectivity index (χ4n) is 6.40. The molecule has 29 heavy (non-hydrogen) atoms. The molecule has 2 fully saturated rings. The highest BCUT2D eigenvalue weighted by Crippen LogP contribution is 2.60. The molecular weight excluding hydrogens is 360 g/mol. The van der Waals surface area contributed by atoms with Gasteiger partial charge >= 0.3 is 0 Å². The van der Waals surface area contributed by atoms with Gasteiger partial charge in [0, 0.05) is 29.6 Å². The number of aryl methyl sites for hydroxylation is 1. The summed E-state index contributed by atoms with van der Waals surface area (Å²) in [4.78, 5) is 2.50. The molecule has 2 heterocycles. The van der Waals surface area contributed by atoms with Crippen molar-refractivity contribution in [1.29, 1.82) is 0 Å². The van der Waals surface area contributed by atoms with Crippen LogP contribution in [-0.2, 0) is 12.0 Å². The van der Waals surface area contributed by atoms with Crippen molar-refractivity contribution in [3.63, 3.8) is 0 Å². The molecule has 3 aliphatic rings. The van der Waals surface area contributed by atoms with Gasteiger partial charge in [-0.05, 0) is 69.8 Å². The van der Waals surface area contributed by atoms with Crippen molar-refractivity contribution >= 4 is 0 Å². The zero-order valence-electron chi connectivity index (χ0n) is 17.7. The summed E-state index contributed by atoms with van der Waals surface area (Å²) in [6.07, 6.45) is 3.45. The smallest absolute Gasteiger partial charge is 0.165 e. The fourth-order valence-corrected chi connectivity index (χ4v) is 6.40. The highest BCUT2D eigenvalue weighted by molar-refractivity contribution is 5.58. The van der Waals surface area contributed by atoms with Gasteiger partial charge in [0.25, 0.3) is 0 Å². The quantitative estimate of drug-likeness (QED) is 0.829. The Bertz CT molecular complexity index is 899. The van der Waals surface area contributed by atoms with Gasteiger partial charge in [-0.1, -0.05) is 36.4 Å². The third kappa shape index (κ3) is 2.80. The predicted octanol–water partition coefficient (Wildman–Crippen LogP) is 3.99. The van der Waals surface area contributed by atoms with Gasteiger partial charge in [0.2, 0.25) is 0 Å². The second kappa shape index (κ2) is 7.03. The third-order valence-corrected chi connectivity index (χ3v) is 7.95. The lowest BCUT2D eigenvalue weighted by Gasteiger charge is -2.56. The summed E-state index contributed by atoms with van der Waals surface area (Å²) in [7, 11) is 2.25. The number of fused-ring (bicyclic) bond motifs is 1.